The van der Waals surface area contributed by atoms with Gasteiger partial charge in [-0.15, -0.1) is 0 Å². The zero-order valence-corrected chi connectivity index (χ0v) is 15.7. The van der Waals surface area contributed by atoms with Crippen LogP contribution in [0.15, 0.2) is 69.9 Å². The maximum Gasteiger partial charge on any atom is 0.237 e. The molecule has 2 N–H and O–H groups in total. The number of aliphatic hydroxyl groups is 1. The average Bonchev–Trinajstić information content (AvgIpc) is 3.42. The predicted molar refractivity (Wildman–Crippen MR) is 106 cm³/mol. The fraction of sp³-hybridized carbons (Fsp3) is 0.238. The molecule has 29 heavy (non-hydrogen) atoms. The highest BCUT2D eigenvalue weighted by atomic mass is 16.5. The number of hydrogen-bond donors (Lipinski definition) is 2. The number of fused-ring (bicyclic) bond motifs is 1. The third-order valence-electron chi connectivity index (χ3n) is 4.18. The number of nitrogens with zero attached hydrogens (tertiary/aromatic N) is 2. The maximum atomic E-state index is 9.97. The van der Waals surface area contributed by atoms with Gasteiger partial charge in [0.1, 0.15) is 36.4 Å². The molecule has 2 heterocycles. The molecule has 8 nitrogen and oxygen atoms in total. The van der Waals surface area contributed by atoms with E-state index in [4.69, 9.17) is 18.4 Å². The minimum Gasteiger partial charge on any atom is -0.492 e. The van der Waals surface area contributed by atoms with Crippen LogP contribution in [-0.2, 0) is 0 Å². The van der Waals surface area contributed by atoms with Crippen molar-refractivity contribution in [1.29, 1.82) is 0 Å². The van der Waals surface area contributed by atoms with Gasteiger partial charge in [-0.25, -0.2) is 0 Å². The molecule has 0 unspecified atom stereocenters. The topological polar surface area (TPSA) is 103 Å². The summed E-state index contributed by atoms with van der Waals surface area (Å²) < 4.78 is 21.7. The van der Waals surface area contributed by atoms with Crippen molar-refractivity contribution in [1.82, 2.24) is 15.5 Å². The van der Waals surface area contributed by atoms with Crippen molar-refractivity contribution in [3.63, 3.8) is 0 Å². The molecule has 1 atom stereocenters. The number of nitrogens with one attached hydrogen (secondary N) is 1. The number of hydrogen-bond acceptors (Lipinski definition) is 8. The highest BCUT2D eigenvalue weighted by Gasteiger charge is 2.11. The molecule has 0 aliphatic carbocycles. The number of benzene rings is 2. The largest absolute Gasteiger partial charge is 0.492 e. The summed E-state index contributed by atoms with van der Waals surface area (Å²) in [5.41, 5.74) is 0.719. The lowest BCUT2D eigenvalue weighted by molar-refractivity contribution is 0.105. The summed E-state index contributed by atoms with van der Waals surface area (Å²) in [7, 11) is 0. The molecule has 4 rings (SSSR count). The van der Waals surface area contributed by atoms with Gasteiger partial charge in [0, 0.05) is 18.5 Å². The highest BCUT2D eigenvalue weighted by Crippen LogP contribution is 2.28. The van der Waals surface area contributed by atoms with Crippen molar-refractivity contribution in [2.45, 2.75) is 6.10 Å². The zero-order chi connectivity index (χ0) is 19.9. The van der Waals surface area contributed by atoms with Gasteiger partial charge in [-0.3, -0.25) is 0 Å². The molecule has 150 valence electrons. The van der Waals surface area contributed by atoms with Crippen LogP contribution in [0, 0.1) is 0 Å². The Hall–Kier alpha value is -3.36. The van der Waals surface area contributed by atoms with Crippen molar-refractivity contribution < 1.29 is 23.5 Å². The van der Waals surface area contributed by atoms with E-state index >= 15 is 0 Å². The smallest absolute Gasteiger partial charge is 0.237 e. The fourth-order valence-electron chi connectivity index (χ4n) is 2.78. The first kappa shape index (κ1) is 19.0. The molecule has 0 aliphatic heterocycles. The van der Waals surface area contributed by atoms with Crippen molar-refractivity contribution in [2.24, 2.45) is 0 Å². The molecule has 2 aromatic heterocycles. The Morgan fingerprint density at radius 2 is 1.93 bits per heavy atom. The molecular weight excluding hydrogens is 374 g/mol. The highest BCUT2D eigenvalue weighted by molar-refractivity contribution is 5.83. The lowest BCUT2D eigenvalue weighted by Gasteiger charge is -2.13. The van der Waals surface area contributed by atoms with Crippen LogP contribution in [0.25, 0.3) is 22.6 Å². The first-order chi connectivity index (χ1) is 14.3. The molecular formula is C21H21N3O5. The van der Waals surface area contributed by atoms with Crippen LogP contribution in [0.3, 0.4) is 0 Å². The zero-order valence-electron chi connectivity index (χ0n) is 15.7. The van der Waals surface area contributed by atoms with E-state index in [1.54, 1.807) is 0 Å². The number of aromatic nitrogens is 2. The van der Waals surface area contributed by atoms with Crippen LogP contribution in [-0.4, -0.2) is 47.7 Å². The van der Waals surface area contributed by atoms with Gasteiger partial charge < -0.3 is 28.8 Å². The maximum absolute atomic E-state index is 9.97. The Morgan fingerprint density at radius 1 is 1.03 bits per heavy atom. The molecule has 0 amide bonds. The first-order valence-electron chi connectivity index (χ1n) is 9.28. The lowest BCUT2D eigenvalue weighted by Crippen LogP contribution is -2.33. The average molecular weight is 395 g/mol. The van der Waals surface area contributed by atoms with E-state index in [1.165, 1.54) is 6.39 Å². The van der Waals surface area contributed by atoms with Crippen molar-refractivity contribution in [3.05, 3.63) is 61.0 Å². The summed E-state index contributed by atoms with van der Waals surface area (Å²) in [4.78, 5) is 3.98. The number of rotatable bonds is 10. The molecule has 8 heteroatoms. The molecule has 0 spiro atoms. The van der Waals surface area contributed by atoms with Gasteiger partial charge in [-0.1, -0.05) is 23.4 Å². The minimum absolute atomic E-state index is 0.234. The first-order valence-corrected chi connectivity index (χ1v) is 9.28. The second kappa shape index (κ2) is 9.22. The molecule has 4 aromatic rings. The summed E-state index contributed by atoms with van der Waals surface area (Å²) in [6.07, 6.45) is 0.662. The van der Waals surface area contributed by atoms with Crippen LogP contribution < -0.4 is 14.8 Å². The van der Waals surface area contributed by atoms with Crippen molar-refractivity contribution >= 4 is 11.0 Å². The van der Waals surface area contributed by atoms with Gasteiger partial charge >= 0.3 is 0 Å². The Bertz CT molecular complexity index is 1020. The number of aliphatic hydroxyl groups excluding tert-OH is 1. The minimum atomic E-state index is -0.596. The summed E-state index contributed by atoms with van der Waals surface area (Å²) in [5, 5.41) is 17.8. The van der Waals surface area contributed by atoms with Crippen LogP contribution in [0.5, 0.6) is 11.5 Å². The predicted octanol–water partition coefficient (Wildman–Crippen LogP) is 2.89. The van der Waals surface area contributed by atoms with Gasteiger partial charge in [0.25, 0.3) is 0 Å². The van der Waals surface area contributed by atoms with E-state index in [1.807, 2.05) is 54.6 Å². The van der Waals surface area contributed by atoms with Crippen LogP contribution >= 0.6 is 0 Å². The van der Waals surface area contributed by atoms with Crippen LogP contribution in [0.2, 0.25) is 0 Å². The molecule has 0 radical (unpaired) electrons. The van der Waals surface area contributed by atoms with E-state index in [9.17, 15) is 5.11 Å². The Labute approximate surface area is 167 Å². The van der Waals surface area contributed by atoms with Crippen LogP contribution in [0.1, 0.15) is 0 Å². The Balaban J connectivity index is 1.19. The van der Waals surface area contributed by atoms with Crippen LogP contribution in [0.4, 0.5) is 0 Å². The van der Waals surface area contributed by atoms with Crippen molar-refractivity contribution in [3.8, 4) is 23.1 Å². The molecule has 2 aromatic carbocycles. The second-order valence-electron chi connectivity index (χ2n) is 6.40. The SMILES string of the molecule is O[C@@H](CNCCOc1ccc2oc(-c3ncon3)cc2c1)COc1ccccc1. The monoisotopic (exact) mass is 395 g/mol. The third-order valence-corrected chi connectivity index (χ3v) is 4.18. The standard InChI is InChI=1S/C21H21N3O5/c25-16(13-27-17-4-2-1-3-5-17)12-22-8-9-26-18-6-7-19-15(10-18)11-20(29-19)21-23-14-28-24-21/h1-7,10-11,14,16,22,25H,8-9,12-13H2/t16-/m0/s1. The molecule has 0 saturated heterocycles. The summed E-state index contributed by atoms with van der Waals surface area (Å²) >= 11 is 0. The lowest BCUT2D eigenvalue weighted by atomic mass is 10.2. The second-order valence-corrected chi connectivity index (χ2v) is 6.40. The molecule has 0 fully saturated rings. The molecule has 0 aliphatic rings. The quantitative estimate of drug-likeness (QED) is 0.395. The van der Waals surface area contributed by atoms with Crippen molar-refractivity contribution in [2.75, 3.05) is 26.3 Å². The van der Waals surface area contributed by atoms with E-state index in [2.05, 4.69) is 15.5 Å². The van der Waals surface area contributed by atoms with Gasteiger partial charge in [0.05, 0.1) is 0 Å². The normalized spacial score (nSPS) is 12.2. The van der Waals surface area contributed by atoms with Gasteiger partial charge in [0.2, 0.25) is 12.2 Å². The van der Waals surface area contributed by atoms with E-state index in [-0.39, 0.29) is 6.61 Å². The van der Waals surface area contributed by atoms with E-state index in [0.717, 1.165) is 22.5 Å². The number of para-hydroxylation sites is 1. The van der Waals surface area contributed by atoms with Gasteiger partial charge in [-0.05, 0) is 36.4 Å². The fourth-order valence-corrected chi connectivity index (χ4v) is 2.78. The van der Waals surface area contributed by atoms with E-state index in [0.29, 0.717) is 31.3 Å². The summed E-state index contributed by atoms with van der Waals surface area (Å²) in [6.45, 7) is 1.72. The third kappa shape index (κ3) is 5.13. The number of ether oxygens (including phenoxy) is 2. The van der Waals surface area contributed by atoms with Gasteiger partial charge in [-0.2, -0.15) is 4.98 Å². The Morgan fingerprint density at radius 3 is 2.76 bits per heavy atom. The molecule has 0 bridgehead atoms. The van der Waals surface area contributed by atoms with Gasteiger partial charge in [0.15, 0.2) is 5.76 Å². The summed E-state index contributed by atoms with van der Waals surface area (Å²) in [5.74, 6) is 2.42. The Kier molecular flexibility index (Phi) is 6.04. The number of furan rings is 1. The van der Waals surface area contributed by atoms with E-state index < -0.39 is 6.10 Å². The molecule has 0 saturated carbocycles. The summed E-state index contributed by atoms with van der Waals surface area (Å²) in [6, 6.07) is 16.8.